The van der Waals surface area contributed by atoms with Gasteiger partial charge in [-0.3, -0.25) is 0 Å². The zero-order chi connectivity index (χ0) is 22.9. The molecule has 0 N–H and O–H groups in total. The Morgan fingerprint density at radius 1 is 0.667 bits per heavy atom. The lowest BCUT2D eigenvalue weighted by molar-refractivity contribution is 0.660. The second-order valence-corrected chi connectivity index (χ2v) is 10.3. The molecule has 0 fully saturated rings. The highest BCUT2D eigenvalue weighted by Crippen LogP contribution is 2.55. The predicted octanol–water partition coefficient (Wildman–Crippen LogP) is 8.92. The van der Waals surface area contributed by atoms with E-state index in [2.05, 4.69) is 119 Å². The van der Waals surface area contributed by atoms with Crippen LogP contribution >= 0.6 is 0 Å². The number of fused-ring (bicyclic) bond motifs is 8. The Morgan fingerprint density at radius 3 is 2.00 bits per heavy atom. The summed E-state index contributed by atoms with van der Waals surface area (Å²) in [7, 11) is 2.23. The highest BCUT2D eigenvalue weighted by atomic mass is 15.1. The second kappa shape index (κ2) is 7.09. The van der Waals surface area contributed by atoms with E-state index in [-0.39, 0.29) is 5.41 Å². The van der Waals surface area contributed by atoms with Crippen molar-refractivity contribution in [2.45, 2.75) is 45.4 Å². The van der Waals surface area contributed by atoms with Crippen LogP contribution in [0.5, 0.6) is 0 Å². The average Bonchev–Trinajstić information content (AvgIpc) is 3.02. The monoisotopic (exact) mass is 429 g/mol. The number of benzene rings is 4. The molecule has 2 aliphatic rings. The van der Waals surface area contributed by atoms with Gasteiger partial charge < -0.3 is 4.90 Å². The van der Waals surface area contributed by atoms with Crippen molar-refractivity contribution in [2.75, 3.05) is 11.9 Å². The van der Waals surface area contributed by atoms with E-state index >= 15 is 0 Å². The molecule has 4 aromatic carbocycles. The molecule has 1 nitrogen and oxygen atoms in total. The molecule has 0 bridgehead atoms. The minimum atomic E-state index is -0.00262. The summed E-state index contributed by atoms with van der Waals surface area (Å²) in [6.07, 6.45) is 1.15. The number of anilines is 2. The van der Waals surface area contributed by atoms with Gasteiger partial charge in [0.05, 0.1) is 0 Å². The molecular weight excluding hydrogens is 398 g/mol. The van der Waals surface area contributed by atoms with Gasteiger partial charge in [0, 0.05) is 35.0 Å². The molecule has 1 atom stereocenters. The van der Waals surface area contributed by atoms with Crippen LogP contribution in [0, 0.1) is 0 Å². The first-order chi connectivity index (χ1) is 15.9. The van der Waals surface area contributed by atoms with Crippen molar-refractivity contribution in [3.05, 3.63) is 95.6 Å². The van der Waals surface area contributed by atoms with Crippen LogP contribution in [0.3, 0.4) is 0 Å². The Balaban J connectivity index is 1.66. The molecule has 33 heavy (non-hydrogen) atoms. The molecule has 164 valence electrons. The Kier molecular flexibility index (Phi) is 4.36. The molecule has 1 heterocycles. The summed E-state index contributed by atoms with van der Waals surface area (Å²) in [6, 6.07) is 29.9. The molecule has 1 aliphatic carbocycles. The maximum atomic E-state index is 2.47. The highest BCUT2D eigenvalue weighted by Gasteiger charge is 2.37. The first-order valence-corrected chi connectivity index (χ1v) is 12.2. The number of nitrogens with zero attached hydrogens (tertiary/aromatic N) is 1. The van der Waals surface area contributed by atoms with E-state index in [9.17, 15) is 0 Å². The summed E-state index contributed by atoms with van der Waals surface area (Å²) >= 11 is 0. The fraction of sp³-hybridized carbons (Fsp3) is 0.250. The smallest absolute Gasteiger partial charge is 0.0494 e. The van der Waals surface area contributed by atoms with Crippen molar-refractivity contribution >= 4 is 11.4 Å². The van der Waals surface area contributed by atoms with E-state index in [1.165, 1.54) is 61.4 Å². The molecule has 4 aromatic rings. The summed E-state index contributed by atoms with van der Waals surface area (Å²) in [4.78, 5) is 2.40. The van der Waals surface area contributed by atoms with Crippen LogP contribution in [0.2, 0.25) is 0 Å². The SMILES string of the molecule is CCC(C)c1ccc2c(c1)-c1ccccc1-c1cc3c(cc1N2C)-c1ccccc1C3(C)C. The van der Waals surface area contributed by atoms with Crippen LogP contribution < -0.4 is 4.90 Å². The van der Waals surface area contributed by atoms with E-state index in [0.29, 0.717) is 5.92 Å². The van der Waals surface area contributed by atoms with Gasteiger partial charge in [0.15, 0.2) is 0 Å². The lowest BCUT2D eigenvalue weighted by atomic mass is 9.81. The van der Waals surface area contributed by atoms with E-state index in [0.717, 1.165) is 6.42 Å². The summed E-state index contributed by atoms with van der Waals surface area (Å²) in [5.41, 5.74) is 14.9. The van der Waals surface area contributed by atoms with Crippen molar-refractivity contribution in [2.24, 2.45) is 0 Å². The van der Waals surface area contributed by atoms with E-state index < -0.39 is 0 Å². The predicted molar refractivity (Wildman–Crippen MR) is 142 cm³/mol. The Bertz CT molecular complexity index is 1410. The third-order valence-corrected chi connectivity index (χ3v) is 8.13. The molecule has 6 rings (SSSR count). The molecule has 0 radical (unpaired) electrons. The topological polar surface area (TPSA) is 3.24 Å². The Hall–Kier alpha value is -3.32. The third kappa shape index (κ3) is 2.78. The fourth-order valence-corrected chi connectivity index (χ4v) is 5.92. The van der Waals surface area contributed by atoms with Crippen LogP contribution in [-0.4, -0.2) is 7.05 Å². The van der Waals surface area contributed by atoms with Gasteiger partial charge in [0.25, 0.3) is 0 Å². The molecule has 1 heteroatoms. The van der Waals surface area contributed by atoms with E-state index in [1.807, 2.05) is 0 Å². The minimum absolute atomic E-state index is 0.00262. The van der Waals surface area contributed by atoms with Gasteiger partial charge in [0.1, 0.15) is 0 Å². The van der Waals surface area contributed by atoms with Crippen molar-refractivity contribution < 1.29 is 0 Å². The molecule has 1 unspecified atom stereocenters. The standard InChI is InChI=1S/C32H31N/c1-6-20(2)21-15-16-30-26(17-21)22-11-7-8-12-23(22)27-18-29-25(19-31(27)33(30)5)24-13-9-10-14-28(24)32(29,3)4/h7-20H,6H2,1-5H3. The summed E-state index contributed by atoms with van der Waals surface area (Å²) in [6.45, 7) is 9.33. The van der Waals surface area contributed by atoms with Crippen molar-refractivity contribution in [3.8, 4) is 33.4 Å². The molecule has 1 aliphatic heterocycles. The molecule has 0 saturated carbocycles. The quantitative estimate of drug-likeness (QED) is 0.307. The lowest BCUT2D eigenvalue weighted by Gasteiger charge is -2.26. The van der Waals surface area contributed by atoms with Gasteiger partial charge in [0.2, 0.25) is 0 Å². The first kappa shape index (κ1) is 20.3. The Morgan fingerprint density at radius 2 is 1.30 bits per heavy atom. The first-order valence-electron chi connectivity index (χ1n) is 12.2. The van der Waals surface area contributed by atoms with Crippen molar-refractivity contribution in [1.29, 1.82) is 0 Å². The highest BCUT2D eigenvalue weighted by molar-refractivity contribution is 6.01. The van der Waals surface area contributed by atoms with Gasteiger partial charge in [-0.25, -0.2) is 0 Å². The normalized spacial score (nSPS) is 15.6. The molecule has 0 aromatic heterocycles. The van der Waals surface area contributed by atoms with Crippen LogP contribution in [0.15, 0.2) is 78.9 Å². The van der Waals surface area contributed by atoms with Crippen LogP contribution in [-0.2, 0) is 5.41 Å². The number of hydrogen-bond donors (Lipinski definition) is 0. The Labute approximate surface area is 197 Å². The van der Waals surface area contributed by atoms with E-state index in [4.69, 9.17) is 0 Å². The molecular formula is C32H31N. The summed E-state index contributed by atoms with van der Waals surface area (Å²) in [5.74, 6) is 0.555. The van der Waals surface area contributed by atoms with Crippen LogP contribution in [0.4, 0.5) is 11.4 Å². The zero-order valence-electron chi connectivity index (χ0n) is 20.2. The summed E-state index contributed by atoms with van der Waals surface area (Å²) in [5, 5.41) is 0. The van der Waals surface area contributed by atoms with Gasteiger partial charge in [-0.05, 0) is 75.5 Å². The van der Waals surface area contributed by atoms with Gasteiger partial charge in [-0.1, -0.05) is 82.3 Å². The average molecular weight is 430 g/mol. The fourth-order valence-electron chi connectivity index (χ4n) is 5.92. The maximum absolute atomic E-state index is 2.47. The van der Waals surface area contributed by atoms with E-state index in [1.54, 1.807) is 0 Å². The second-order valence-electron chi connectivity index (χ2n) is 10.3. The zero-order valence-corrected chi connectivity index (χ0v) is 20.2. The van der Waals surface area contributed by atoms with Crippen molar-refractivity contribution in [1.82, 2.24) is 0 Å². The molecule has 0 amide bonds. The molecule has 0 saturated heterocycles. The van der Waals surface area contributed by atoms with Crippen LogP contribution in [0.1, 0.15) is 56.7 Å². The summed E-state index contributed by atoms with van der Waals surface area (Å²) < 4.78 is 0. The lowest BCUT2D eigenvalue weighted by Crippen LogP contribution is -2.16. The van der Waals surface area contributed by atoms with Crippen molar-refractivity contribution in [3.63, 3.8) is 0 Å². The third-order valence-electron chi connectivity index (χ3n) is 8.13. The van der Waals surface area contributed by atoms with Crippen LogP contribution in [0.25, 0.3) is 33.4 Å². The van der Waals surface area contributed by atoms with Gasteiger partial charge in [-0.2, -0.15) is 0 Å². The molecule has 0 spiro atoms. The largest absolute Gasteiger partial charge is 0.344 e. The minimum Gasteiger partial charge on any atom is -0.344 e. The van der Waals surface area contributed by atoms with Gasteiger partial charge >= 0.3 is 0 Å². The van der Waals surface area contributed by atoms with Gasteiger partial charge in [-0.15, -0.1) is 0 Å². The maximum Gasteiger partial charge on any atom is 0.0494 e. The number of hydrogen-bond acceptors (Lipinski definition) is 1. The number of rotatable bonds is 2.